The van der Waals surface area contributed by atoms with Gasteiger partial charge in [-0.15, -0.1) is 0 Å². The summed E-state index contributed by atoms with van der Waals surface area (Å²) in [7, 11) is 0. The predicted octanol–water partition coefficient (Wildman–Crippen LogP) is 7.76. The zero-order chi connectivity index (χ0) is 26.6. The van der Waals surface area contributed by atoms with Crippen molar-refractivity contribution in [3.05, 3.63) is 101 Å². The van der Waals surface area contributed by atoms with Gasteiger partial charge in [0.25, 0.3) is 5.91 Å². The van der Waals surface area contributed by atoms with E-state index in [2.05, 4.69) is 50.4 Å². The molecule has 0 saturated heterocycles. The quantitative estimate of drug-likeness (QED) is 0.179. The smallest absolute Gasteiger partial charge is 0.255 e. The second-order valence-electron chi connectivity index (χ2n) is 8.88. The van der Waals surface area contributed by atoms with Crippen LogP contribution in [0.1, 0.15) is 35.8 Å². The number of hydrogen-bond acceptors (Lipinski definition) is 7. The molecule has 3 aromatic carbocycles. The minimum Gasteiger partial charge on any atom is -0.508 e. The van der Waals surface area contributed by atoms with Crippen LogP contribution in [0.2, 0.25) is 0 Å². The first kappa shape index (κ1) is 25.7. The maximum Gasteiger partial charge on any atom is 0.255 e. The van der Waals surface area contributed by atoms with Gasteiger partial charge in [0.15, 0.2) is 5.65 Å². The van der Waals surface area contributed by atoms with E-state index in [-0.39, 0.29) is 17.6 Å². The Labute approximate surface area is 232 Å². The number of carbonyl (C=O) groups excluding carboxylic acids is 1. The standard InChI is InChI=1S/C29H24BrN5O2S/c1-17(2)24-12-11-23-27(34-24)31-16-32-28(23)35-25-15-20(33-29(37)18-4-3-5-19(30)14-18)6-13-26(25)38-22-9-7-21(36)8-10-22/h3-17,36H,1-2H3,(H,33,37)(H,31,32,34,35). The summed E-state index contributed by atoms with van der Waals surface area (Å²) in [4.78, 5) is 28.3. The Morgan fingerprint density at radius 1 is 0.974 bits per heavy atom. The first-order chi connectivity index (χ1) is 18.4. The Morgan fingerprint density at radius 2 is 1.79 bits per heavy atom. The van der Waals surface area contributed by atoms with Crippen LogP contribution in [0.4, 0.5) is 17.2 Å². The number of fused-ring (bicyclic) bond motifs is 1. The number of phenolic OH excluding ortho intramolecular Hbond substituents is 1. The SMILES string of the molecule is CC(C)c1ccc2c(Nc3cc(NC(=O)c4cccc(Br)c4)ccc3Sc3ccc(O)cc3)ncnc2n1. The van der Waals surface area contributed by atoms with Gasteiger partial charge in [-0.3, -0.25) is 4.79 Å². The number of pyridine rings is 1. The van der Waals surface area contributed by atoms with Crippen LogP contribution in [0.25, 0.3) is 11.0 Å². The number of carbonyl (C=O) groups is 1. The Hall–Kier alpha value is -3.95. The topological polar surface area (TPSA) is 100 Å². The lowest BCUT2D eigenvalue weighted by atomic mass is 10.1. The lowest BCUT2D eigenvalue weighted by Gasteiger charge is -2.15. The summed E-state index contributed by atoms with van der Waals surface area (Å²) < 4.78 is 0.832. The van der Waals surface area contributed by atoms with E-state index in [9.17, 15) is 9.90 Å². The van der Waals surface area contributed by atoms with Crippen molar-refractivity contribution in [1.82, 2.24) is 15.0 Å². The van der Waals surface area contributed by atoms with E-state index in [4.69, 9.17) is 4.98 Å². The number of halogens is 1. The number of hydrogen-bond donors (Lipinski definition) is 3. The number of benzene rings is 3. The maximum absolute atomic E-state index is 12.9. The molecule has 5 aromatic rings. The second kappa shape index (κ2) is 11.2. The van der Waals surface area contributed by atoms with Gasteiger partial charge < -0.3 is 15.7 Å². The summed E-state index contributed by atoms with van der Waals surface area (Å²) >= 11 is 4.94. The van der Waals surface area contributed by atoms with E-state index in [0.717, 1.165) is 31.0 Å². The maximum atomic E-state index is 12.9. The molecule has 2 aromatic heterocycles. The molecule has 0 aliphatic heterocycles. The Bertz CT molecular complexity index is 1630. The van der Waals surface area contributed by atoms with Gasteiger partial charge in [0.2, 0.25) is 0 Å². The molecule has 0 spiro atoms. The molecule has 0 bridgehead atoms. The van der Waals surface area contributed by atoms with E-state index >= 15 is 0 Å². The normalized spacial score (nSPS) is 11.1. The van der Waals surface area contributed by atoms with Crippen molar-refractivity contribution < 1.29 is 9.90 Å². The zero-order valence-electron chi connectivity index (χ0n) is 20.6. The van der Waals surface area contributed by atoms with Gasteiger partial charge in [-0.2, -0.15) is 0 Å². The van der Waals surface area contributed by atoms with Gasteiger partial charge in [-0.1, -0.05) is 47.6 Å². The molecule has 1 amide bonds. The molecule has 0 aliphatic rings. The number of nitrogens with zero attached hydrogens (tertiary/aromatic N) is 3. The van der Waals surface area contributed by atoms with Crippen LogP contribution >= 0.6 is 27.7 Å². The fraction of sp³-hybridized carbons (Fsp3) is 0.103. The van der Waals surface area contributed by atoms with Crippen LogP contribution in [-0.4, -0.2) is 26.0 Å². The first-order valence-corrected chi connectivity index (χ1v) is 13.5. The second-order valence-corrected chi connectivity index (χ2v) is 10.9. The van der Waals surface area contributed by atoms with Crippen LogP contribution < -0.4 is 10.6 Å². The van der Waals surface area contributed by atoms with Gasteiger partial charge in [-0.05, 0) is 78.7 Å². The molecule has 0 aliphatic carbocycles. The number of anilines is 3. The van der Waals surface area contributed by atoms with Gasteiger partial charge in [0.05, 0.1) is 11.1 Å². The highest BCUT2D eigenvalue weighted by Crippen LogP contribution is 2.38. The van der Waals surface area contributed by atoms with Crippen molar-refractivity contribution in [2.45, 2.75) is 29.6 Å². The summed E-state index contributed by atoms with van der Waals surface area (Å²) in [6.45, 7) is 4.19. The molecular weight excluding hydrogens is 562 g/mol. The van der Waals surface area contributed by atoms with Crippen molar-refractivity contribution in [3.63, 3.8) is 0 Å². The van der Waals surface area contributed by atoms with E-state index in [1.165, 1.54) is 18.1 Å². The number of aromatic hydroxyl groups is 1. The Kier molecular flexibility index (Phi) is 7.57. The molecule has 0 radical (unpaired) electrons. The summed E-state index contributed by atoms with van der Waals surface area (Å²) in [6.07, 6.45) is 1.49. The summed E-state index contributed by atoms with van der Waals surface area (Å²) in [5, 5.41) is 16.9. The number of phenols is 1. The van der Waals surface area contributed by atoms with E-state index in [0.29, 0.717) is 22.7 Å². The summed E-state index contributed by atoms with van der Waals surface area (Å²) in [6, 6.07) is 23.9. The third-order valence-electron chi connectivity index (χ3n) is 5.75. The number of rotatable bonds is 7. The molecule has 7 nitrogen and oxygen atoms in total. The van der Waals surface area contributed by atoms with Crippen molar-refractivity contribution in [1.29, 1.82) is 0 Å². The summed E-state index contributed by atoms with van der Waals surface area (Å²) in [5.74, 6) is 0.888. The Morgan fingerprint density at radius 3 is 2.55 bits per heavy atom. The lowest BCUT2D eigenvalue weighted by molar-refractivity contribution is 0.102. The third kappa shape index (κ3) is 5.95. The largest absolute Gasteiger partial charge is 0.508 e. The molecule has 0 atom stereocenters. The van der Waals surface area contributed by atoms with Crippen LogP contribution in [0.5, 0.6) is 5.75 Å². The fourth-order valence-corrected chi connectivity index (χ4v) is 5.06. The number of aromatic nitrogens is 3. The van der Waals surface area contributed by atoms with Crippen LogP contribution in [0, 0.1) is 0 Å². The lowest BCUT2D eigenvalue weighted by Crippen LogP contribution is -2.12. The van der Waals surface area contributed by atoms with Crippen LogP contribution in [0.3, 0.4) is 0 Å². The van der Waals surface area contributed by atoms with Crippen LogP contribution in [0.15, 0.2) is 99.5 Å². The average molecular weight is 587 g/mol. The molecule has 2 heterocycles. The van der Waals surface area contributed by atoms with E-state index in [1.807, 2.05) is 54.6 Å². The number of nitrogens with one attached hydrogen (secondary N) is 2. The predicted molar refractivity (Wildman–Crippen MR) is 155 cm³/mol. The average Bonchev–Trinajstić information content (AvgIpc) is 2.91. The minimum atomic E-state index is -0.214. The van der Waals surface area contributed by atoms with Crippen molar-refractivity contribution in [3.8, 4) is 5.75 Å². The third-order valence-corrected chi connectivity index (χ3v) is 7.33. The van der Waals surface area contributed by atoms with Gasteiger partial charge >= 0.3 is 0 Å². The highest BCUT2D eigenvalue weighted by Gasteiger charge is 2.14. The monoisotopic (exact) mass is 585 g/mol. The molecule has 5 rings (SSSR count). The van der Waals surface area contributed by atoms with Crippen LogP contribution in [-0.2, 0) is 0 Å². The molecule has 3 N–H and O–H groups in total. The zero-order valence-corrected chi connectivity index (χ0v) is 23.0. The van der Waals surface area contributed by atoms with Crippen molar-refractivity contribution >= 4 is 61.8 Å². The highest BCUT2D eigenvalue weighted by atomic mass is 79.9. The van der Waals surface area contributed by atoms with E-state index in [1.54, 1.807) is 24.3 Å². The van der Waals surface area contributed by atoms with Gasteiger partial charge in [0.1, 0.15) is 17.9 Å². The van der Waals surface area contributed by atoms with Gasteiger partial charge in [-0.25, -0.2) is 15.0 Å². The Balaban J connectivity index is 1.51. The fourth-order valence-electron chi connectivity index (χ4n) is 3.77. The summed E-state index contributed by atoms with van der Waals surface area (Å²) in [5.41, 5.74) is 3.50. The molecule has 38 heavy (non-hydrogen) atoms. The van der Waals surface area contributed by atoms with Gasteiger partial charge in [0, 0.05) is 31.2 Å². The molecule has 190 valence electrons. The molecular formula is C29H24BrN5O2S. The van der Waals surface area contributed by atoms with Crippen molar-refractivity contribution in [2.75, 3.05) is 10.6 Å². The molecule has 0 saturated carbocycles. The molecule has 0 unspecified atom stereocenters. The first-order valence-electron chi connectivity index (χ1n) is 11.9. The minimum absolute atomic E-state index is 0.207. The van der Waals surface area contributed by atoms with Crippen molar-refractivity contribution in [2.24, 2.45) is 0 Å². The highest BCUT2D eigenvalue weighted by molar-refractivity contribution is 9.10. The molecule has 0 fully saturated rings. The number of amides is 1. The van der Waals surface area contributed by atoms with E-state index < -0.39 is 0 Å². The molecule has 9 heteroatoms.